The van der Waals surface area contributed by atoms with Crippen molar-refractivity contribution in [3.8, 4) is 0 Å². The second-order valence-corrected chi connectivity index (χ2v) is 5.92. The van der Waals surface area contributed by atoms with Crippen LogP contribution in [0.4, 0.5) is 4.79 Å². The van der Waals surface area contributed by atoms with E-state index >= 15 is 0 Å². The fourth-order valence-corrected chi connectivity index (χ4v) is 3.12. The van der Waals surface area contributed by atoms with Gasteiger partial charge in [0, 0.05) is 13.1 Å². The maximum atomic E-state index is 12.1. The molecule has 0 aromatic rings. The number of carboxylic acid groups (broad SMARTS) is 1. The van der Waals surface area contributed by atoms with Crippen molar-refractivity contribution in [1.82, 2.24) is 15.8 Å². The quantitative estimate of drug-likeness (QED) is 0.691. The van der Waals surface area contributed by atoms with Gasteiger partial charge in [0.25, 0.3) is 0 Å². The third kappa shape index (κ3) is 3.85. The molecule has 2 aliphatic rings. The number of carbonyl (C=O) groups is 2. The molecule has 1 heterocycles. The van der Waals surface area contributed by atoms with E-state index in [1.165, 1.54) is 6.42 Å². The first-order valence-corrected chi connectivity index (χ1v) is 7.70. The molecule has 20 heavy (non-hydrogen) atoms. The van der Waals surface area contributed by atoms with Gasteiger partial charge in [0.1, 0.15) is 5.54 Å². The van der Waals surface area contributed by atoms with Crippen LogP contribution in [0.3, 0.4) is 0 Å². The molecule has 2 rings (SSSR count). The Bertz CT molecular complexity index is 346. The first-order valence-electron chi connectivity index (χ1n) is 7.70. The number of carbonyl (C=O) groups excluding carboxylic acids is 1. The van der Waals surface area contributed by atoms with Crippen molar-refractivity contribution < 1.29 is 14.7 Å². The molecule has 6 nitrogen and oxygen atoms in total. The summed E-state index contributed by atoms with van der Waals surface area (Å²) in [6, 6.07) is -0.379. The average molecular weight is 283 g/mol. The first kappa shape index (κ1) is 15.1. The van der Waals surface area contributed by atoms with Gasteiger partial charge in [-0.05, 0) is 25.7 Å². The molecular weight excluding hydrogens is 258 g/mol. The van der Waals surface area contributed by atoms with Crippen LogP contribution in [0.5, 0.6) is 0 Å². The number of nitrogens with one attached hydrogen (secondary N) is 2. The highest BCUT2D eigenvalue weighted by Gasteiger charge is 2.40. The number of rotatable bonds is 3. The molecule has 2 amide bonds. The lowest BCUT2D eigenvalue weighted by Gasteiger charge is -2.32. The van der Waals surface area contributed by atoms with Gasteiger partial charge in [0.15, 0.2) is 0 Å². The van der Waals surface area contributed by atoms with Gasteiger partial charge in [-0.3, -0.25) is 5.43 Å². The van der Waals surface area contributed by atoms with Gasteiger partial charge in [0.05, 0.1) is 0 Å². The zero-order valence-electron chi connectivity index (χ0n) is 12.0. The number of nitrogens with zero attached hydrogens (tertiary/aromatic N) is 1. The van der Waals surface area contributed by atoms with Crippen molar-refractivity contribution in [2.45, 2.75) is 63.3 Å². The van der Waals surface area contributed by atoms with Gasteiger partial charge in [-0.15, -0.1) is 0 Å². The molecule has 0 radical (unpaired) electrons. The molecule has 1 aliphatic heterocycles. The van der Waals surface area contributed by atoms with Crippen LogP contribution < -0.4 is 10.7 Å². The van der Waals surface area contributed by atoms with E-state index in [1.54, 1.807) is 0 Å². The molecule has 1 aliphatic carbocycles. The molecule has 114 valence electrons. The summed E-state index contributed by atoms with van der Waals surface area (Å²) < 4.78 is 0. The van der Waals surface area contributed by atoms with E-state index in [0.29, 0.717) is 12.8 Å². The van der Waals surface area contributed by atoms with Crippen LogP contribution in [0.25, 0.3) is 0 Å². The average Bonchev–Trinajstić information content (AvgIpc) is 2.66. The number of piperidine rings is 1. The molecule has 1 saturated carbocycles. The minimum absolute atomic E-state index is 0.379. The lowest BCUT2D eigenvalue weighted by atomic mass is 9.90. The van der Waals surface area contributed by atoms with Gasteiger partial charge in [-0.25, -0.2) is 14.6 Å². The molecule has 1 saturated heterocycles. The minimum Gasteiger partial charge on any atom is -0.480 e. The molecule has 0 aromatic heterocycles. The number of hydrogen-bond donors (Lipinski definition) is 3. The van der Waals surface area contributed by atoms with Gasteiger partial charge in [0.2, 0.25) is 0 Å². The van der Waals surface area contributed by atoms with Crippen LogP contribution in [-0.4, -0.2) is 40.7 Å². The Balaban J connectivity index is 1.92. The van der Waals surface area contributed by atoms with E-state index in [1.807, 2.05) is 5.01 Å². The van der Waals surface area contributed by atoms with Crippen LogP contribution in [-0.2, 0) is 4.79 Å². The van der Waals surface area contributed by atoms with E-state index in [2.05, 4.69) is 10.7 Å². The molecule has 3 N–H and O–H groups in total. The lowest BCUT2D eigenvalue weighted by Crippen LogP contribution is -2.59. The second-order valence-electron chi connectivity index (χ2n) is 5.92. The highest BCUT2D eigenvalue weighted by Crippen LogP contribution is 2.27. The standard InChI is InChI=1S/C14H25N3O3/c18-12(19)14(8-4-1-2-5-9-14)15-13(20)16-17-10-6-3-7-11-17/h1-11H2,(H,18,19)(H2,15,16,20). The Morgan fingerprint density at radius 1 is 0.900 bits per heavy atom. The number of amides is 2. The van der Waals surface area contributed by atoms with E-state index < -0.39 is 11.5 Å². The number of hydrogen-bond acceptors (Lipinski definition) is 3. The fraction of sp³-hybridized carbons (Fsp3) is 0.857. The molecule has 0 atom stereocenters. The van der Waals surface area contributed by atoms with Crippen molar-refractivity contribution >= 4 is 12.0 Å². The van der Waals surface area contributed by atoms with Crippen molar-refractivity contribution in [3.63, 3.8) is 0 Å². The Labute approximate surface area is 119 Å². The summed E-state index contributed by atoms with van der Waals surface area (Å²) in [5, 5.41) is 14.1. The Morgan fingerprint density at radius 3 is 2.00 bits per heavy atom. The largest absolute Gasteiger partial charge is 0.480 e. The minimum atomic E-state index is -1.09. The maximum absolute atomic E-state index is 12.1. The summed E-state index contributed by atoms with van der Waals surface area (Å²) in [5.41, 5.74) is 1.70. The van der Waals surface area contributed by atoms with E-state index in [4.69, 9.17) is 0 Å². The van der Waals surface area contributed by atoms with Crippen molar-refractivity contribution in [2.24, 2.45) is 0 Å². The lowest BCUT2D eigenvalue weighted by molar-refractivity contribution is -0.145. The molecule has 0 aromatic carbocycles. The smallest absolute Gasteiger partial charge is 0.330 e. The normalized spacial score (nSPS) is 23.6. The fourth-order valence-electron chi connectivity index (χ4n) is 3.12. The summed E-state index contributed by atoms with van der Waals surface area (Å²) in [4.78, 5) is 23.7. The summed E-state index contributed by atoms with van der Waals surface area (Å²) in [6.07, 6.45) is 8.20. The third-order valence-electron chi connectivity index (χ3n) is 4.34. The second kappa shape index (κ2) is 6.92. The third-order valence-corrected chi connectivity index (χ3v) is 4.34. The first-order chi connectivity index (χ1) is 9.62. The van der Waals surface area contributed by atoms with Gasteiger partial charge >= 0.3 is 12.0 Å². The van der Waals surface area contributed by atoms with E-state index in [0.717, 1.165) is 51.6 Å². The Morgan fingerprint density at radius 2 is 1.45 bits per heavy atom. The SMILES string of the molecule is O=C(NN1CCCCC1)NC1(C(=O)O)CCCCCC1. The molecule has 0 unspecified atom stereocenters. The zero-order valence-corrected chi connectivity index (χ0v) is 12.0. The van der Waals surface area contributed by atoms with Crippen LogP contribution >= 0.6 is 0 Å². The monoisotopic (exact) mass is 283 g/mol. The van der Waals surface area contributed by atoms with Crippen LogP contribution in [0.1, 0.15) is 57.8 Å². The molecule has 2 fully saturated rings. The summed E-state index contributed by atoms with van der Waals surface area (Å²) in [5.74, 6) is -0.909. The predicted octanol–water partition coefficient (Wildman–Crippen LogP) is 1.86. The summed E-state index contributed by atoms with van der Waals surface area (Å²) in [7, 11) is 0. The molecule has 6 heteroatoms. The van der Waals surface area contributed by atoms with Gasteiger partial charge < -0.3 is 10.4 Å². The van der Waals surface area contributed by atoms with Crippen molar-refractivity contribution in [3.05, 3.63) is 0 Å². The van der Waals surface area contributed by atoms with Crippen LogP contribution in [0.2, 0.25) is 0 Å². The van der Waals surface area contributed by atoms with E-state index in [-0.39, 0.29) is 6.03 Å². The maximum Gasteiger partial charge on any atom is 0.330 e. The summed E-state index contributed by atoms with van der Waals surface area (Å²) >= 11 is 0. The van der Waals surface area contributed by atoms with Crippen LogP contribution in [0, 0.1) is 0 Å². The number of aliphatic carboxylic acids is 1. The number of hydrazine groups is 1. The topological polar surface area (TPSA) is 81.7 Å². The van der Waals surface area contributed by atoms with Crippen molar-refractivity contribution in [1.29, 1.82) is 0 Å². The molecule has 0 bridgehead atoms. The zero-order chi connectivity index (χ0) is 14.4. The Kier molecular flexibility index (Phi) is 5.23. The Hall–Kier alpha value is -1.30. The van der Waals surface area contributed by atoms with Crippen molar-refractivity contribution in [2.75, 3.05) is 13.1 Å². The number of carboxylic acids is 1. The predicted molar refractivity (Wildman–Crippen MR) is 75.2 cm³/mol. The van der Waals surface area contributed by atoms with E-state index in [9.17, 15) is 14.7 Å². The highest BCUT2D eigenvalue weighted by molar-refractivity contribution is 5.86. The molecular formula is C14H25N3O3. The molecule has 0 spiro atoms. The van der Waals surface area contributed by atoms with Gasteiger partial charge in [-0.1, -0.05) is 32.1 Å². The van der Waals surface area contributed by atoms with Gasteiger partial charge in [-0.2, -0.15) is 0 Å². The highest BCUT2D eigenvalue weighted by atomic mass is 16.4. The summed E-state index contributed by atoms with van der Waals surface area (Å²) in [6.45, 7) is 1.68. The number of urea groups is 1. The van der Waals surface area contributed by atoms with Crippen LogP contribution in [0.15, 0.2) is 0 Å².